The van der Waals surface area contributed by atoms with Gasteiger partial charge in [-0.1, -0.05) is 0 Å². The number of hydrogen-bond acceptors (Lipinski definition) is 7. The first-order chi connectivity index (χ1) is 11.9. The molecule has 0 amide bonds. The van der Waals surface area contributed by atoms with Crippen molar-refractivity contribution in [2.24, 2.45) is 0 Å². The van der Waals surface area contributed by atoms with E-state index in [1.54, 1.807) is 6.92 Å². The number of carbonyl (C=O) groups is 2. The molecule has 3 rings (SSSR count). The predicted octanol–water partition coefficient (Wildman–Crippen LogP) is 1.97. The molecule has 0 radical (unpaired) electrons. The number of carboxylic acids is 1. The number of nitrogens with zero attached hydrogens (tertiary/aromatic N) is 3. The van der Waals surface area contributed by atoms with Gasteiger partial charge in [-0.05, 0) is 30.7 Å². The SMILES string of the molecule is COC(=O)c1cn2ncnc(Nc3ccc(O)c(C(=O)O)c3)c2c1C. The molecule has 3 N–H and O–H groups in total. The van der Waals surface area contributed by atoms with Crippen LogP contribution >= 0.6 is 0 Å². The molecule has 0 saturated heterocycles. The van der Waals surface area contributed by atoms with E-state index < -0.39 is 11.9 Å². The molecule has 128 valence electrons. The Morgan fingerprint density at radius 1 is 1.28 bits per heavy atom. The minimum atomic E-state index is -1.25. The molecule has 0 aliphatic carbocycles. The van der Waals surface area contributed by atoms with E-state index in [9.17, 15) is 14.7 Å². The average molecular weight is 342 g/mol. The summed E-state index contributed by atoms with van der Waals surface area (Å²) in [5, 5.41) is 25.7. The normalized spacial score (nSPS) is 10.6. The maximum absolute atomic E-state index is 11.8. The lowest BCUT2D eigenvalue weighted by Crippen LogP contribution is -2.02. The number of aromatic nitrogens is 3. The number of esters is 1. The summed E-state index contributed by atoms with van der Waals surface area (Å²) in [6.07, 6.45) is 2.83. The van der Waals surface area contributed by atoms with Crippen LogP contribution in [0.1, 0.15) is 26.3 Å². The molecule has 0 unspecified atom stereocenters. The highest BCUT2D eigenvalue weighted by Gasteiger charge is 2.19. The lowest BCUT2D eigenvalue weighted by atomic mass is 10.1. The lowest BCUT2D eigenvalue weighted by molar-refractivity contribution is 0.0599. The monoisotopic (exact) mass is 342 g/mol. The van der Waals surface area contributed by atoms with Crippen LogP contribution < -0.4 is 5.32 Å². The van der Waals surface area contributed by atoms with E-state index in [0.717, 1.165) is 0 Å². The van der Waals surface area contributed by atoms with Crippen molar-refractivity contribution in [2.45, 2.75) is 6.92 Å². The van der Waals surface area contributed by atoms with Gasteiger partial charge in [0.2, 0.25) is 0 Å². The Bertz CT molecular complexity index is 996. The Morgan fingerprint density at radius 2 is 2.04 bits per heavy atom. The third-order valence-corrected chi connectivity index (χ3v) is 3.72. The van der Waals surface area contributed by atoms with Crippen molar-refractivity contribution in [3.8, 4) is 5.75 Å². The van der Waals surface area contributed by atoms with E-state index in [4.69, 9.17) is 9.84 Å². The number of aryl methyl sites for hydroxylation is 1. The Morgan fingerprint density at radius 3 is 2.72 bits per heavy atom. The molecule has 3 aromatic rings. The first-order valence-electron chi connectivity index (χ1n) is 7.17. The summed E-state index contributed by atoms with van der Waals surface area (Å²) >= 11 is 0. The molecule has 0 aliphatic rings. The number of aromatic hydroxyl groups is 1. The van der Waals surface area contributed by atoms with E-state index in [0.29, 0.717) is 28.1 Å². The molecule has 0 fully saturated rings. The minimum Gasteiger partial charge on any atom is -0.507 e. The molecule has 25 heavy (non-hydrogen) atoms. The zero-order chi connectivity index (χ0) is 18.1. The van der Waals surface area contributed by atoms with Crippen LogP contribution in [0.25, 0.3) is 5.52 Å². The van der Waals surface area contributed by atoms with Crippen LogP contribution in [-0.2, 0) is 4.74 Å². The van der Waals surface area contributed by atoms with E-state index in [-0.39, 0.29) is 11.3 Å². The number of benzene rings is 1. The van der Waals surface area contributed by atoms with Gasteiger partial charge < -0.3 is 20.3 Å². The van der Waals surface area contributed by atoms with Gasteiger partial charge in [0.1, 0.15) is 23.2 Å². The smallest absolute Gasteiger partial charge is 0.339 e. The van der Waals surface area contributed by atoms with E-state index >= 15 is 0 Å². The Hall–Kier alpha value is -3.62. The molecule has 9 nitrogen and oxygen atoms in total. The summed E-state index contributed by atoms with van der Waals surface area (Å²) < 4.78 is 6.23. The number of carboxylic acid groups (broad SMARTS) is 1. The summed E-state index contributed by atoms with van der Waals surface area (Å²) in [4.78, 5) is 27.1. The number of phenols is 1. The number of hydrogen-bond donors (Lipinski definition) is 3. The topological polar surface area (TPSA) is 126 Å². The fourth-order valence-electron chi connectivity index (χ4n) is 2.49. The number of carbonyl (C=O) groups excluding carboxylic acids is 1. The Balaban J connectivity index is 2.08. The van der Waals surface area contributed by atoms with Crippen LogP contribution in [0.5, 0.6) is 5.75 Å². The molecule has 1 aromatic carbocycles. The van der Waals surface area contributed by atoms with Crippen molar-refractivity contribution in [1.29, 1.82) is 0 Å². The van der Waals surface area contributed by atoms with E-state index in [1.165, 1.54) is 42.3 Å². The fraction of sp³-hybridized carbons (Fsp3) is 0.125. The van der Waals surface area contributed by atoms with Crippen LogP contribution in [0, 0.1) is 6.92 Å². The van der Waals surface area contributed by atoms with Gasteiger partial charge in [-0.15, -0.1) is 0 Å². The van der Waals surface area contributed by atoms with Crippen molar-refractivity contribution in [2.75, 3.05) is 12.4 Å². The number of methoxy groups -OCH3 is 1. The average Bonchev–Trinajstić information content (AvgIpc) is 2.93. The summed E-state index contributed by atoms with van der Waals surface area (Å²) in [6.45, 7) is 1.73. The molecule has 2 heterocycles. The summed E-state index contributed by atoms with van der Waals surface area (Å²) in [7, 11) is 1.29. The number of anilines is 2. The van der Waals surface area contributed by atoms with Gasteiger partial charge in [0, 0.05) is 11.9 Å². The van der Waals surface area contributed by atoms with Crippen LogP contribution in [0.3, 0.4) is 0 Å². The van der Waals surface area contributed by atoms with E-state index in [2.05, 4.69) is 15.4 Å². The second-order valence-corrected chi connectivity index (χ2v) is 5.22. The number of rotatable bonds is 4. The van der Waals surface area contributed by atoms with Gasteiger partial charge in [-0.3, -0.25) is 0 Å². The van der Waals surface area contributed by atoms with Crippen molar-refractivity contribution in [1.82, 2.24) is 14.6 Å². The van der Waals surface area contributed by atoms with Crippen molar-refractivity contribution >= 4 is 29.0 Å². The fourth-order valence-corrected chi connectivity index (χ4v) is 2.49. The summed E-state index contributed by atoms with van der Waals surface area (Å²) in [5.41, 5.74) is 1.69. The maximum Gasteiger partial charge on any atom is 0.339 e. The molecule has 0 aliphatic heterocycles. The number of ether oxygens (including phenoxy) is 1. The third-order valence-electron chi connectivity index (χ3n) is 3.72. The van der Waals surface area contributed by atoms with Gasteiger partial charge in [-0.25, -0.2) is 19.1 Å². The molecule has 0 saturated carbocycles. The lowest BCUT2D eigenvalue weighted by Gasteiger charge is -2.09. The molecule has 2 aromatic heterocycles. The van der Waals surface area contributed by atoms with Crippen LogP contribution in [0.15, 0.2) is 30.7 Å². The zero-order valence-electron chi connectivity index (χ0n) is 13.3. The molecule has 0 spiro atoms. The predicted molar refractivity (Wildman–Crippen MR) is 87.4 cm³/mol. The van der Waals surface area contributed by atoms with Gasteiger partial charge in [0.25, 0.3) is 0 Å². The second-order valence-electron chi connectivity index (χ2n) is 5.22. The first-order valence-corrected chi connectivity index (χ1v) is 7.17. The standard InChI is InChI=1S/C16H14N4O5/c1-8-11(16(24)25-2)6-20-13(8)14(17-7-18-20)19-9-3-4-12(21)10(5-9)15(22)23/h3-7,21H,1-2H3,(H,22,23)(H,17,18,19). The van der Waals surface area contributed by atoms with Crippen molar-refractivity contribution in [3.05, 3.63) is 47.4 Å². The number of fused-ring (bicyclic) bond motifs is 1. The summed E-state index contributed by atoms with van der Waals surface area (Å²) in [5.74, 6) is -1.70. The van der Waals surface area contributed by atoms with Crippen molar-refractivity contribution in [3.63, 3.8) is 0 Å². The van der Waals surface area contributed by atoms with Crippen LogP contribution in [-0.4, -0.2) is 43.9 Å². The summed E-state index contributed by atoms with van der Waals surface area (Å²) in [6, 6.07) is 4.07. The highest BCUT2D eigenvalue weighted by Crippen LogP contribution is 2.28. The molecule has 9 heteroatoms. The highest BCUT2D eigenvalue weighted by molar-refractivity contribution is 5.96. The number of aromatic carboxylic acids is 1. The quantitative estimate of drug-likeness (QED) is 0.485. The highest BCUT2D eigenvalue weighted by atomic mass is 16.5. The Labute approximate surface area is 141 Å². The zero-order valence-corrected chi connectivity index (χ0v) is 13.3. The van der Waals surface area contributed by atoms with E-state index in [1.807, 2.05) is 0 Å². The van der Waals surface area contributed by atoms with Crippen molar-refractivity contribution < 1.29 is 24.5 Å². The van der Waals surface area contributed by atoms with Gasteiger partial charge in [0.05, 0.1) is 12.7 Å². The molecule has 0 atom stereocenters. The van der Waals surface area contributed by atoms with Crippen LogP contribution in [0.4, 0.5) is 11.5 Å². The van der Waals surface area contributed by atoms with Crippen LogP contribution in [0.2, 0.25) is 0 Å². The van der Waals surface area contributed by atoms with Gasteiger partial charge in [0.15, 0.2) is 5.82 Å². The molecule has 0 bridgehead atoms. The number of nitrogens with one attached hydrogen (secondary N) is 1. The first kappa shape index (κ1) is 16.2. The van der Waals surface area contributed by atoms with Gasteiger partial charge in [-0.2, -0.15) is 5.10 Å². The largest absolute Gasteiger partial charge is 0.507 e. The maximum atomic E-state index is 11.8. The molecular formula is C16H14N4O5. The second kappa shape index (κ2) is 6.11. The third kappa shape index (κ3) is 2.82. The van der Waals surface area contributed by atoms with Gasteiger partial charge >= 0.3 is 11.9 Å². The molecular weight excluding hydrogens is 328 g/mol. The Kier molecular flexibility index (Phi) is 3.97. The minimum absolute atomic E-state index is 0.238.